The van der Waals surface area contributed by atoms with E-state index in [9.17, 15) is 13.2 Å². The Balaban J connectivity index is 2.97. The van der Waals surface area contributed by atoms with Crippen LogP contribution in [0.3, 0.4) is 0 Å². The zero-order chi connectivity index (χ0) is 10.6. The third-order valence-electron chi connectivity index (χ3n) is 1.66. The zero-order valence-electron chi connectivity index (χ0n) is 7.60. The number of hydrogen-bond donors (Lipinski definition) is 0. The molecule has 0 nitrogen and oxygen atoms in total. The quantitative estimate of drug-likeness (QED) is 0.602. The minimum atomic E-state index is -4.30. The fourth-order valence-corrected chi connectivity index (χ4v) is 0.962. The summed E-state index contributed by atoms with van der Waals surface area (Å²) in [5, 5.41) is 0. The highest BCUT2D eigenvalue weighted by Crippen LogP contribution is 2.17. The SMILES string of the molecule is CC(=C=CC(F)(F)F)c1ccccc1. The highest BCUT2D eigenvalue weighted by molar-refractivity contribution is 5.62. The third-order valence-corrected chi connectivity index (χ3v) is 1.66. The zero-order valence-corrected chi connectivity index (χ0v) is 7.60. The fraction of sp³-hybridized carbons (Fsp3) is 0.182. The van der Waals surface area contributed by atoms with Crippen LogP contribution in [0, 0.1) is 0 Å². The molecule has 1 aromatic carbocycles. The summed E-state index contributed by atoms with van der Waals surface area (Å²) in [6.07, 6.45) is -4.18. The highest BCUT2D eigenvalue weighted by Gasteiger charge is 2.21. The predicted octanol–water partition coefficient (Wildman–Crippen LogP) is 3.81. The Morgan fingerprint density at radius 1 is 1.21 bits per heavy atom. The van der Waals surface area contributed by atoms with Gasteiger partial charge in [0.05, 0.1) is 6.08 Å². The van der Waals surface area contributed by atoms with E-state index in [0.29, 0.717) is 5.57 Å². The molecule has 1 aromatic rings. The maximum absolute atomic E-state index is 11.8. The molecular formula is C11H9F3. The van der Waals surface area contributed by atoms with Crippen LogP contribution in [0.4, 0.5) is 13.2 Å². The number of alkyl halides is 3. The van der Waals surface area contributed by atoms with Gasteiger partial charge < -0.3 is 0 Å². The Bertz CT molecular complexity index is 354. The molecule has 0 radical (unpaired) electrons. The fourth-order valence-electron chi connectivity index (χ4n) is 0.962. The van der Waals surface area contributed by atoms with Gasteiger partial charge in [0.2, 0.25) is 0 Å². The average molecular weight is 198 g/mol. The van der Waals surface area contributed by atoms with Gasteiger partial charge in [0.1, 0.15) is 0 Å². The standard InChI is InChI=1S/C11H9F3/c1-9(7-8-11(12,13)14)10-5-3-2-4-6-10/h2-6,8H,1H3. The van der Waals surface area contributed by atoms with Gasteiger partial charge in [0, 0.05) is 0 Å². The van der Waals surface area contributed by atoms with E-state index < -0.39 is 6.18 Å². The Hall–Kier alpha value is -1.47. The normalized spacial score (nSPS) is 10.6. The molecule has 3 heteroatoms. The molecule has 0 spiro atoms. The molecule has 0 aliphatic carbocycles. The van der Waals surface area contributed by atoms with Crippen LogP contribution in [-0.4, -0.2) is 6.18 Å². The summed E-state index contributed by atoms with van der Waals surface area (Å²) in [4.78, 5) is 0. The van der Waals surface area contributed by atoms with Crippen molar-refractivity contribution in [2.45, 2.75) is 13.1 Å². The van der Waals surface area contributed by atoms with Crippen LogP contribution in [-0.2, 0) is 0 Å². The van der Waals surface area contributed by atoms with Crippen LogP contribution in [0.1, 0.15) is 12.5 Å². The van der Waals surface area contributed by atoms with Crippen molar-refractivity contribution >= 4 is 5.57 Å². The van der Waals surface area contributed by atoms with Gasteiger partial charge in [0.15, 0.2) is 0 Å². The van der Waals surface area contributed by atoms with E-state index in [2.05, 4.69) is 5.73 Å². The second-order valence-corrected chi connectivity index (χ2v) is 2.82. The average Bonchev–Trinajstić information content (AvgIpc) is 2.14. The number of hydrogen-bond acceptors (Lipinski definition) is 0. The van der Waals surface area contributed by atoms with Gasteiger partial charge in [-0.05, 0) is 18.1 Å². The number of halogens is 3. The van der Waals surface area contributed by atoms with E-state index in [-0.39, 0.29) is 6.08 Å². The molecule has 0 amide bonds. The van der Waals surface area contributed by atoms with Crippen LogP contribution in [0.2, 0.25) is 0 Å². The lowest BCUT2D eigenvalue weighted by Gasteiger charge is -1.97. The van der Waals surface area contributed by atoms with Crippen LogP contribution in [0.5, 0.6) is 0 Å². The minimum absolute atomic E-state index is 0.120. The number of allylic oxidation sites excluding steroid dienone is 1. The van der Waals surface area contributed by atoms with E-state index in [1.807, 2.05) is 6.07 Å². The van der Waals surface area contributed by atoms with E-state index in [1.165, 1.54) is 0 Å². The second-order valence-electron chi connectivity index (χ2n) is 2.82. The van der Waals surface area contributed by atoms with Gasteiger partial charge in [-0.1, -0.05) is 30.3 Å². The summed E-state index contributed by atoms with van der Waals surface area (Å²) in [5.74, 6) is 0. The van der Waals surface area contributed by atoms with Crippen LogP contribution in [0.15, 0.2) is 42.1 Å². The smallest absolute Gasteiger partial charge is 0.166 e. The molecule has 0 bridgehead atoms. The number of rotatable bonds is 1. The molecule has 0 fully saturated rings. The van der Waals surface area contributed by atoms with Crippen molar-refractivity contribution in [3.8, 4) is 0 Å². The summed E-state index contributed by atoms with van der Waals surface area (Å²) in [6, 6.07) is 8.84. The molecule has 0 atom stereocenters. The molecule has 0 saturated carbocycles. The van der Waals surface area contributed by atoms with Gasteiger partial charge in [0.25, 0.3) is 0 Å². The molecule has 0 unspecified atom stereocenters. The molecule has 0 aliphatic heterocycles. The maximum atomic E-state index is 11.8. The largest absolute Gasteiger partial charge is 0.416 e. The summed E-state index contributed by atoms with van der Waals surface area (Å²) >= 11 is 0. The highest BCUT2D eigenvalue weighted by atomic mass is 19.4. The van der Waals surface area contributed by atoms with E-state index in [1.54, 1.807) is 31.2 Å². The topological polar surface area (TPSA) is 0 Å². The van der Waals surface area contributed by atoms with E-state index in [0.717, 1.165) is 5.56 Å². The van der Waals surface area contributed by atoms with Gasteiger partial charge in [-0.3, -0.25) is 0 Å². The first kappa shape index (κ1) is 10.6. The minimum Gasteiger partial charge on any atom is -0.166 e. The van der Waals surface area contributed by atoms with Crippen molar-refractivity contribution in [3.63, 3.8) is 0 Å². The maximum Gasteiger partial charge on any atom is 0.416 e. The molecule has 0 aromatic heterocycles. The number of benzene rings is 1. The first-order valence-corrected chi connectivity index (χ1v) is 4.05. The lowest BCUT2D eigenvalue weighted by Crippen LogP contribution is -1.99. The summed E-state index contributed by atoms with van der Waals surface area (Å²) < 4.78 is 35.4. The first-order valence-electron chi connectivity index (χ1n) is 4.05. The Labute approximate surface area is 80.4 Å². The molecule has 0 saturated heterocycles. The van der Waals surface area contributed by atoms with Crippen molar-refractivity contribution in [2.75, 3.05) is 0 Å². The Kier molecular flexibility index (Phi) is 3.15. The Morgan fingerprint density at radius 2 is 1.79 bits per heavy atom. The molecular weight excluding hydrogens is 189 g/mol. The molecule has 1 rings (SSSR count). The van der Waals surface area contributed by atoms with Crippen LogP contribution < -0.4 is 0 Å². The summed E-state index contributed by atoms with van der Waals surface area (Å²) in [6.45, 7) is 1.59. The van der Waals surface area contributed by atoms with Crippen molar-refractivity contribution < 1.29 is 13.2 Å². The Morgan fingerprint density at radius 3 is 2.29 bits per heavy atom. The second kappa shape index (κ2) is 4.16. The van der Waals surface area contributed by atoms with Crippen LogP contribution in [0.25, 0.3) is 5.57 Å². The lowest BCUT2D eigenvalue weighted by atomic mass is 10.1. The van der Waals surface area contributed by atoms with Gasteiger partial charge in [-0.15, -0.1) is 5.73 Å². The molecule has 0 heterocycles. The third kappa shape index (κ3) is 3.50. The van der Waals surface area contributed by atoms with Gasteiger partial charge in [-0.2, -0.15) is 13.2 Å². The van der Waals surface area contributed by atoms with Crippen molar-refractivity contribution in [2.24, 2.45) is 0 Å². The first-order chi connectivity index (χ1) is 6.49. The molecule has 0 N–H and O–H groups in total. The molecule has 74 valence electrons. The molecule has 14 heavy (non-hydrogen) atoms. The lowest BCUT2D eigenvalue weighted by molar-refractivity contribution is -0.0796. The summed E-state index contributed by atoms with van der Waals surface area (Å²) in [5.41, 5.74) is 3.42. The summed E-state index contributed by atoms with van der Waals surface area (Å²) in [7, 11) is 0. The van der Waals surface area contributed by atoms with E-state index in [4.69, 9.17) is 0 Å². The van der Waals surface area contributed by atoms with Gasteiger partial charge in [-0.25, -0.2) is 0 Å². The van der Waals surface area contributed by atoms with Crippen LogP contribution >= 0.6 is 0 Å². The monoisotopic (exact) mass is 198 g/mol. The van der Waals surface area contributed by atoms with E-state index >= 15 is 0 Å². The molecule has 0 aliphatic rings. The van der Waals surface area contributed by atoms with Crippen molar-refractivity contribution in [3.05, 3.63) is 47.7 Å². The van der Waals surface area contributed by atoms with Crippen molar-refractivity contribution in [1.29, 1.82) is 0 Å². The predicted molar refractivity (Wildman–Crippen MR) is 49.7 cm³/mol. The van der Waals surface area contributed by atoms with Crippen molar-refractivity contribution in [1.82, 2.24) is 0 Å². The van der Waals surface area contributed by atoms with Gasteiger partial charge >= 0.3 is 6.18 Å².